The van der Waals surface area contributed by atoms with Gasteiger partial charge in [-0.05, 0) is 13.8 Å². The van der Waals surface area contributed by atoms with Gasteiger partial charge in [-0.2, -0.15) is 5.26 Å². The molecule has 1 atom stereocenters. The fourth-order valence-electron chi connectivity index (χ4n) is 0.699. The molecule has 0 aliphatic rings. The maximum atomic E-state index is 10.9. The smallest absolute Gasteiger partial charge is 0.246 e. The Labute approximate surface area is 72.5 Å². The molecule has 0 heterocycles. The third-order valence-corrected chi connectivity index (χ3v) is 1.24. The molecular weight excluding hydrogens is 156 g/mol. The quantitative estimate of drug-likeness (QED) is 0.651. The zero-order valence-electron chi connectivity index (χ0n) is 7.46. The fraction of sp³-hybridized carbons (Fsp3) is 0.750. The van der Waals surface area contributed by atoms with Crippen molar-refractivity contribution in [2.45, 2.75) is 26.3 Å². The van der Waals surface area contributed by atoms with Crippen LogP contribution in [0.4, 0.5) is 0 Å². The molecule has 0 rings (SSSR count). The van der Waals surface area contributed by atoms with Crippen molar-refractivity contribution < 1.29 is 9.53 Å². The molecule has 0 aliphatic heterocycles. The molecule has 4 nitrogen and oxygen atoms in total. The molecule has 0 aromatic heterocycles. The van der Waals surface area contributed by atoms with Gasteiger partial charge in [-0.1, -0.05) is 0 Å². The van der Waals surface area contributed by atoms with Gasteiger partial charge in [0.1, 0.15) is 6.61 Å². The van der Waals surface area contributed by atoms with Crippen LogP contribution in [-0.2, 0) is 9.53 Å². The topological polar surface area (TPSA) is 62.1 Å². The summed E-state index contributed by atoms with van der Waals surface area (Å²) in [6.07, 6.45) is 0.331. The molecule has 0 saturated carbocycles. The van der Waals surface area contributed by atoms with Crippen LogP contribution in [0.5, 0.6) is 0 Å². The van der Waals surface area contributed by atoms with E-state index < -0.39 is 0 Å². The first-order valence-corrected chi connectivity index (χ1v) is 3.94. The monoisotopic (exact) mass is 170 g/mol. The number of amides is 1. The van der Waals surface area contributed by atoms with Crippen LogP contribution in [0.3, 0.4) is 0 Å². The minimum Gasteiger partial charge on any atom is -0.372 e. The number of hydrogen-bond acceptors (Lipinski definition) is 3. The molecule has 12 heavy (non-hydrogen) atoms. The molecule has 0 aromatic rings. The molecule has 0 fully saturated rings. The van der Waals surface area contributed by atoms with E-state index in [0.29, 0.717) is 13.0 Å². The summed E-state index contributed by atoms with van der Waals surface area (Å²) in [5.74, 6) is -0.167. The minimum atomic E-state index is -0.167. The third kappa shape index (κ3) is 5.69. The van der Waals surface area contributed by atoms with E-state index in [1.54, 1.807) is 6.92 Å². The van der Waals surface area contributed by atoms with Crippen LogP contribution in [-0.4, -0.2) is 25.2 Å². The Hall–Kier alpha value is -1.08. The lowest BCUT2D eigenvalue weighted by Gasteiger charge is -2.09. The second-order valence-corrected chi connectivity index (χ2v) is 2.47. The number of carbonyl (C=O) groups is 1. The number of hydrogen-bond donors (Lipinski definition) is 1. The van der Waals surface area contributed by atoms with Crippen LogP contribution in [0.2, 0.25) is 0 Å². The Morgan fingerprint density at radius 1 is 1.75 bits per heavy atom. The van der Waals surface area contributed by atoms with E-state index in [0.717, 1.165) is 0 Å². The lowest BCUT2D eigenvalue weighted by atomic mass is 10.2. The maximum Gasteiger partial charge on any atom is 0.246 e. The highest BCUT2D eigenvalue weighted by atomic mass is 16.5. The second kappa shape index (κ2) is 6.62. The van der Waals surface area contributed by atoms with E-state index >= 15 is 0 Å². The van der Waals surface area contributed by atoms with Crippen LogP contribution in [0.1, 0.15) is 20.3 Å². The fourth-order valence-corrected chi connectivity index (χ4v) is 0.699. The lowest BCUT2D eigenvalue weighted by molar-refractivity contribution is -0.126. The molecule has 0 bridgehead atoms. The average Bonchev–Trinajstić information content (AvgIpc) is 2.01. The molecule has 1 N–H and O–H groups in total. The summed E-state index contributed by atoms with van der Waals surface area (Å²) in [4.78, 5) is 10.9. The van der Waals surface area contributed by atoms with Gasteiger partial charge in [-0.3, -0.25) is 4.79 Å². The van der Waals surface area contributed by atoms with Crippen molar-refractivity contribution in [3.63, 3.8) is 0 Å². The maximum absolute atomic E-state index is 10.9. The van der Waals surface area contributed by atoms with E-state index in [4.69, 9.17) is 10.00 Å². The first-order valence-electron chi connectivity index (χ1n) is 3.94. The van der Waals surface area contributed by atoms with Crippen molar-refractivity contribution in [3.8, 4) is 6.07 Å². The molecule has 0 aromatic carbocycles. The Morgan fingerprint density at radius 2 is 2.42 bits per heavy atom. The van der Waals surface area contributed by atoms with Gasteiger partial charge >= 0.3 is 0 Å². The highest BCUT2D eigenvalue weighted by Crippen LogP contribution is 1.87. The first-order chi connectivity index (χ1) is 5.70. The van der Waals surface area contributed by atoms with Gasteiger partial charge in [0.25, 0.3) is 0 Å². The molecule has 0 radical (unpaired) electrons. The molecular formula is C8H14N2O2. The Kier molecular flexibility index (Phi) is 6.02. The van der Waals surface area contributed by atoms with Gasteiger partial charge < -0.3 is 10.1 Å². The van der Waals surface area contributed by atoms with Gasteiger partial charge in [-0.15, -0.1) is 0 Å². The lowest BCUT2D eigenvalue weighted by Crippen LogP contribution is -2.34. The van der Waals surface area contributed by atoms with Crippen LogP contribution >= 0.6 is 0 Å². The zero-order valence-corrected chi connectivity index (χ0v) is 7.46. The summed E-state index contributed by atoms with van der Waals surface area (Å²) in [7, 11) is 0. The highest BCUT2D eigenvalue weighted by molar-refractivity contribution is 5.77. The predicted octanol–water partition coefficient (Wildman–Crippen LogP) is 0.441. The Bertz CT molecular complexity index is 174. The van der Waals surface area contributed by atoms with Crippen LogP contribution in [0.25, 0.3) is 0 Å². The number of ether oxygens (including phenoxy) is 1. The molecule has 0 saturated heterocycles. The van der Waals surface area contributed by atoms with Crippen LogP contribution in [0.15, 0.2) is 0 Å². The van der Waals surface area contributed by atoms with Crippen LogP contribution < -0.4 is 5.32 Å². The molecule has 68 valence electrons. The van der Waals surface area contributed by atoms with E-state index in [-0.39, 0.29) is 18.6 Å². The summed E-state index contributed by atoms with van der Waals surface area (Å²) >= 11 is 0. The number of nitrogens with one attached hydrogen (secondary N) is 1. The molecule has 1 unspecified atom stereocenters. The van der Waals surface area contributed by atoms with Gasteiger partial charge in [0, 0.05) is 12.6 Å². The van der Waals surface area contributed by atoms with Crippen molar-refractivity contribution in [1.82, 2.24) is 5.32 Å². The van der Waals surface area contributed by atoms with Gasteiger partial charge in [-0.25, -0.2) is 0 Å². The summed E-state index contributed by atoms with van der Waals surface area (Å²) in [5.41, 5.74) is 0. The van der Waals surface area contributed by atoms with Crippen molar-refractivity contribution in [2.24, 2.45) is 0 Å². The number of nitriles is 1. The van der Waals surface area contributed by atoms with Crippen molar-refractivity contribution in [2.75, 3.05) is 13.2 Å². The summed E-state index contributed by atoms with van der Waals surface area (Å²) < 4.78 is 4.88. The predicted molar refractivity (Wildman–Crippen MR) is 44.3 cm³/mol. The molecule has 1 amide bonds. The van der Waals surface area contributed by atoms with Gasteiger partial charge in [0.05, 0.1) is 12.5 Å². The third-order valence-electron chi connectivity index (χ3n) is 1.24. The summed E-state index contributed by atoms with van der Waals surface area (Å²) in [5, 5.41) is 10.9. The SMILES string of the molecule is CCOCC(=O)NC(C)CC#N. The summed E-state index contributed by atoms with van der Waals surface area (Å²) in [6.45, 7) is 4.21. The molecule has 4 heteroatoms. The van der Waals surface area contributed by atoms with Crippen molar-refractivity contribution in [3.05, 3.63) is 0 Å². The number of rotatable bonds is 5. The van der Waals surface area contributed by atoms with E-state index in [2.05, 4.69) is 5.32 Å². The van der Waals surface area contributed by atoms with E-state index in [1.165, 1.54) is 0 Å². The highest BCUT2D eigenvalue weighted by Gasteiger charge is 2.05. The minimum absolute atomic E-state index is 0.0757. The number of carbonyl (C=O) groups excluding carboxylic acids is 1. The van der Waals surface area contributed by atoms with E-state index in [9.17, 15) is 4.79 Å². The Balaban J connectivity index is 3.48. The normalized spacial score (nSPS) is 11.8. The Morgan fingerprint density at radius 3 is 2.92 bits per heavy atom. The van der Waals surface area contributed by atoms with Gasteiger partial charge in [0.2, 0.25) is 5.91 Å². The first kappa shape index (κ1) is 10.9. The number of nitrogens with zero attached hydrogens (tertiary/aromatic N) is 1. The second-order valence-electron chi connectivity index (χ2n) is 2.47. The van der Waals surface area contributed by atoms with Crippen molar-refractivity contribution in [1.29, 1.82) is 5.26 Å². The van der Waals surface area contributed by atoms with Crippen LogP contribution in [0, 0.1) is 11.3 Å². The standard InChI is InChI=1S/C8H14N2O2/c1-3-12-6-8(11)10-7(2)4-5-9/h7H,3-4,6H2,1-2H3,(H,10,11). The molecule has 0 aliphatic carbocycles. The van der Waals surface area contributed by atoms with Gasteiger partial charge in [0.15, 0.2) is 0 Å². The van der Waals surface area contributed by atoms with Crippen molar-refractivity contribution >= 4 is 5.91 Å². The average molecular weight is 170 g/mol. The van der Waals surface area contributed by atoms with E-state index in [1.807, 2.05) is 13.0 Å². The largest absolute Gasteiger partial charge is 0.372 e. The summed E-state index contributed by atoms with van der Waals surface area (Å²) in [6, 6.07) is 1.88. The zero-order chi connectivity index (χ0) is 9.40. The molecule has 0 spiro atoms.